The van der Waals surface area contributed by atoms with Gasteiger partial charge in [-0.2, -0.15) is 0 Å². The fourth-order valence-corrected chi connectivity index (χ4v) is 1.45. The van der Waals surface area contributed by atoms with Gasteiger partial charge in [0.05, 0.1) is 19.3 Å². The lowest BCUT2D eigenvalue weighted by Gasteiger charge is -2.34. The maximum atomic E-state index is 11.3. The summed E-state index contributed by atoms with van der Waals surface area (Å²) in [6, 6.07) is 0.00394. The molecule has 0 spiro atoms. The Morgan fingerprint density at radius 1 is 1.77 bits per heavy atom. The average molecular weight is 185 g/mol. The summed E-state index contributed by atoms with van der Waals surface area (Å²) in [7, 11) is 0. The van der Waals surface area contributed by atoms with E-state index in [4.69, 9.17) is 9.84 Å². The summed E-state index contributed by atoms with van der Waals surface area (Å²) in [5.41, 5.74) is 0. The van der Waals surface area contributed by atoms with Crippen molar-refractivity contribution < 1.29 is 14.6 Å². The molecule has 1 atom stereocenters. The molecule has 1 aliphatic rings. The molecule has 1 aliphatic heterocycles. The number of aliphatic hydroxyl groups excluding tert-OH is 1. The Kier molecular flexibility index (Phi) is 3.92. The van der Waals surface area contributed by atoms with Crippen LogP contribution in [0.15, 0.2) is 12.7 Å². The van der Waals surface area contributed by atoms with Crippen molar-refractivity contribution in [3.05, 3.63) is 12.7 Å². The van der Waals surface area contributed by atoms with Gasteiger partial charge in [-0.15, -0.1) is 0 Å². The number of carbonyl (C=O) groups is 1. The molecular formula is C9H15NO3. The number of ether oxygens (including phenoxy) is 1. The summed E-state index contributed by atoms with van der Waals surface area (Å²) in [4.78, 5) is 13.0. The fraction of sp³-hybridized carbons (Fsp3) is 0.667. The summed E-state index contributed by atoms with van der Waals surface area (Å²) >= 11 is 0. The largest absolute Gasteiger partial charge is 0.396 e. The van der Waals surface area contributed by atoms with Gasteiger partial charge in [-0.1, -0.05) is 6.58 Å². The second-order valence-corrected chi connectivity index (χ2v) is 2.98. The first kappa shape index (κ1) is 10.2. The van der Waals surface area contributed by atoms with E-state index < -0.39 is 0 Å². The van der Waals surface area contributed by atoms with E-state index in [0.29, 0.717) is 26.2 Å². The normalized spacial score (nSPS) is 22.8. The van der Waals surface area contributed by atoms with Crippen molar-refractivity contribution in [2.45, 2.75) is 12.5 Å². The number of hydrogen-bond donors (Lipinski definition) is 1. The van der Waals surface area contributed by atoms with Crippen LogP contribution in [0.25, 0.3) is 0 Å². The van der Waals surface area contributed by atoms with Crippen molar-refractivity contribution >= 4 is 5.91 Å². The topological polar surface area (TPSA) is 49.8 Å². The highest BCUT2D eigenvalue weighted by molar-refractivity contribution is 5.87. The van der Waals surface area contributed by atoms with Crippen molar-refractivity contribution in [1.82, 2.24) is 4.90 Å². The number of nitrogens with zero attached hydrogens (tertiary/aromatic N) is 1. The minimum atomic E-state index is -0.0817. The van der Waals surface area contributed by atoms with Crippen molar-refractivity contribution in [2.75, 3.05) is 26.4 Å². The SMILES string of the molecule is C=CC(=O)N1CCOCC1CCO. The van der Waals surface area contributed by atoms with E-state index in [-0.39, 0.29) is 18.6 Å². The van der Waals surface area contributed by atoms with Crippen LogP contribution in [0.3, 0.4) is 0 Å². The molecule has 1 heterocycles. The first-order chi connectivity index (χ1) is 6.29. The highest BCUT2D eigenvalue weighted by atomic mass is 16.5. The van der Waals surface area contributed by atoms with Crippen molar-refractivity contribution in [2.24, 2.45) is 0 Å². The van der Waals surface area contributed by atoms with E-state index in [2.05, 4.69) is 6.58 Å². The van der Waals surface area contributed by atoms with Gasteiger partial charge in [-0.05, 0) is 12.5 Å². The van der Waals surface area contributed by atoms with Crippen LogP contribution in [-0.4, -0.2) is 48.3 Å². The maximum Gasteiger partial charge on any atom is 0.246 e. The third kappa shape index (κ3) is 2.54. The number of morpholine rings is 1. The second kappa shape index (κ2) is 4.99. The summed E-state index contributed by atoms with van der Waals surface area (Å²) in [5.74, 6) is -0.0817. The van der Waals surface area contributed by atoms with E-state index in [1.807, 2.05) is 0 Å². The number of aliphatic hydroxyl groups is 1. The summed E-state index contributed by atoms with van der Waals surface area (Å²) < 4.78 is 5.22. The predicted molar refractivity (Wildman–Crippen MR) is 48.2 cm³/mol. The molecular weight excluding hydrogens is 170 g/mol. The minimum Gasteiger partial charge on any atom is -0.396 e. The quantitative estimate of drug-likeness (QED) is 0.618. The van der Waals surface area contributed by atoms with Crippen LogP contribution < -0.4 is 0 Å². The molecule has 0 aliphatic carbocycles. The van der Waals surface area contributed by atoms with Gasteiger partial charge in [0.25, 0.3) is 0 Å². The second-order valence-electron chi connectivity index (χ2n) is 2.98. The molecule has 1 amide bonds. The van der Waals surface area contributed by atoms with Gasteiger partial charge in [-0.25, -0.2) is 0 Å². The molecule has 4 nitrogen and oxygen atoms in total. The lowest BCUT2D eigenvalue weighted by molar-refractivity contribution is -0.135. The summed E-state index contributed by atoms with van der Waals surface area (Å²) in [6.45, 7) is 5.19. The first-order valence-electron chi connectivity index (χ1n) is 4.41. The van der Waals surface area contributed by atoms with Crippen LogP contribution in [0.5, 0.6) is 0 Å². The van der Waals surface area contributed by atoms with Gasteiger partial charge in [0.2, 0.25) is 5.91 Å². The molecule has 0 saturated carbocycles. The van der Waals surface area contributed by atoms with Crippen LogP contribution in [0, 0.1) is 0 Å². The van der Waals surface area contributed by atoms with E-state index in [0.717, 1.165) is 0 Å². The van der Waals surface area contributed by atoms with E-state index in [9.17, 15) is 4.79 Å². The third-order valence-corrected chi connectivity index (χ3v) is 2.15. The molecule has 1 rings (SSSR count). The summed E-state index contributed by atoms with van der Waals surface area (Å²) in [5, 5.41) is 8.77. The van der Waals surface area contributed by atoms with E-state index >= 15 is 0 Å². The Hall–Kier alpha value is -0.870. The fourth-order valence-electron chi connectivity index (χ4n) is 1.45. The minimum absolute atomic E-state index is 0.00394. The van der Waals surface area contributed by atoms with Crippen molar-refractivity contribution in [3.63, 3.8) is 0 Å². The zero-order valence-corrected chi connectivity index (χ0v) is 7.61. The first-order valence-corrected chi connectivity index (χ1v) is 4.41. The Balaban J connectivity index is 2.55. The van der Waals surface area contributed by atoms with Crippen molar-refractivity contribution in [3.8, 4) is 0 Å². The number of rotatable bonds is 3. The Morgan fingerprint density at radius 2 is 2.54 bits per heavy atom. The molecule has 0 aromatic heterocycles. The van der Waals surface area contributed by atoms with Crippen molar-refractivity contribution in [1.29, 1.82) is 0 Å². The molecule has 0 bridgehead atoms. The molecule has 1 N–H and O–H groups in total. The molecule has 0 aromatic rings. The molecule has 0 aromatic carbocycles. The highest BCUT2D eigenvalue weighted by Crippen LogP contribution is 2.10. The molecule has 4 heteroatoms. The average Bonchev–Trinajstić information content (AvgIpc) is 2.18. The molecule has 1 fully saturated rings. The molecule has 0 radical (unpaired) electrons. The lowest BCUT2D eigenvalue weighted by atomic mass is 10.1. The van der Waals surface area contributed by atoms with Gasteiger partial charge < -0.3 is 14.7 Å². The van der Waals surface area contributed by atoms with Crippen LogP contribution in [0.4, 0.5) is 0 Å². The van der Waals surface area contributed by atoms with Gasteiger partial charge in [0.15, 0.2) is 0 Å². The smallest absolute Gasteiger partial charge is 0.246 e. The van der Waals surface area contributed by atoms with Gasteiger partial charge >= 0.3 is 0 Å². The maximum absolute atomic E-state index is 11.3. The third-order valence-electron chi connectivity index (χ3n) is 2.15. The van der Waals surface area contributed by atoms with E-state index in [1.165, 1.54) is 6.08 Å². The summed E-state index contributed by atoms with van der Waals surface area (Å²) in [6.07, 6.45) is 1.87. The number of amides is 1. The Bertz CT molecular complexity index is 191. The van der Waals surface area contributed by atoms with Crippen LogP contribution in [0.2, 0.25) is 0 Å². The number of carbonyl (C=O) groups excluding carboxylic acids is 1. The highest BCUT2D eigenvalue weighted by Gasteiger charge is 2.24. The lowest BCUT2D eigenvalue weighted by Crippen LogP contribution is -2.48. The predicted octanol–water partition coefficient (Wildman–Crippen LogP) is -0.218. The molecule has 13 heavy (non-hydrogen) atoms. The van der Waals surface area contributed by atoms with Crippen LogP contribution in [0.1, 0.15) is 6.42 Å². The zero-order chi connectivity index (χ0) is 9.68. The molecule has 1 saturated heterocycles. The Morgan fingerprint density at radius 3 is 3.15 bits per heavy atom. The van der Waals surface area contributed by atoms with E-state index in [1.54, 1.807) is 4.90 Å². The van der Waals surface area contributed by atoms with Gasteiger partial charge in [0, 0.05) is 13.2 Å². The Labute approximate surface area is 77.8 Å². The molecule has 1 unspecified atom stereocenters. The molecule has 74 valence electrons. The zero-order valence-electron chi connectivity index (χ0n) is 7.61. The standard InChI is InChI=1S/C9H15NO3/c1-2-9(12)10-4-6-13-7-8(10)3-5-11/h2,8,11H,1,3-7H2. The van der Waals surface area contributed by atoms with Gasteiger partial charge in [-0.3, -0.25) is 4.79 Å². The van der Waals surface area contributed by atoms with Crippen LogP contribution in [-0.2, 0) is 9.53 Å². The monoisotopic (exact) mass is 185 g/mol. The number of hydrogen-bond acceptors (Lipinski definition) is 3. The van der Waals surface area contributed by atoms with Gasteiger partial charge in [0.1, 0.15) is 0 Å². The van der Waals surface area contributed by atoms with Crippen LogP contribution >= 0.6 is 0 Å².